The molecule has 2 amide bonds. The van der Waals surface area contributed by atoms with Crippen LogP contribution >= 0.6 is 0 Å². The maximum absolute atomic E-state index is 12.2. The second-order valence-electron chi connectivity index (χ2n) is 5.77. The van der Waals surface area contributed by atoms with Crippen LogP contribution in [-0.2, 0) is 6.42 Å². The molecule has 0 saturated heterocycles. The Morgan fingerprint density at radius 3 is 2.52 bits per heavy atom. The molecular weight excluding hydrogens is 288 g/mol. The predicted molar refractivity (Wildman–Crippen MR) is 93.6 cm³/mol. The highest BCUT2D eigenvalue weighted by atomic mass is 16.3. The van der Waals surface area contributed by atoms with Gasteiger partial charge in [0.15, 0.2) is 0 Å². The summed E-state index contributed by atoms with van der Waals surface area (Å²) in [5, 5.41) is 11.9. The Hall–Kier alpha value is -2.33. The quantitative estimate of drug-likeness (QED) is 0.857. The van der Waals surface area contributed by atoms with Crippen molar-refractivity contribution >= 4 is 11.7 Å². The van der Waals surface area contributed by atoms with Gasteiger partial charge in [0.25, 0.3) is 0 Å². The fourth-order valence-electron chi connectivity index (χ4n) is 2.38. The molecule has 2 aromatic rings. The van der Waals surface area contributed by atoms with Crippen LogP contribution in [0.5, 0.6) is 0 Å². The van der Waals surface area contributed by atoms with Gasteiger partial charge in [0.05, 0.1) is 0 Å². The van der Waals surface area contributed by atoms with E-state index in [1.807, 2.05) is 43.3 Å². The van der Waals surface area contributed by atoms with E-state index < -0.39 is 0 Å². The molecule has 23 heavy (non-hydrogen) atoms. The molecule has 122 valence electrons. The number of nitrogens with one attached hydrogen (secondary N) is 1. The monoisotopic (exact) mass is 312 g/mol. The number of hydrogen-bond acceptors (Lipinski definition) is 2. The van der Waals surface area contributed by atoms with E-state index in [1.54, 1.807) is 11.9 Å². The number of carbonyl (C=O) groups excluding carboxylic acids is 1. The topological polar surface area (TPSA) is 52.6 Å². The highest BCUT2D eigenvalue weighted by Gasteiger charge is 2.15. The van der Waals surface area contributed by atoms with Crippen molar-refractivity contribution in [2.24, 2.45) is 0 Å². The van der Waals surface area contributed by atoms with Gasteiger partial charge in [-0.25, -0.2) is 4.79 Å². The lowest BCUT2D eigenvalue weighted by Crippen LogP contribution is -2.38. The van der Waals surface area contributed by atoms with Crippen molar-refractivity contribution in [3.8, 4) is 0 Å². The van der Waals surface area contributed by atoms with Crippen LogP contribution in [0.1, 0.15) is 24.5 Å². The third-order valence-electron chi connectivity index (χ3n) is 3.96. The maximum atomic E-state index is 12.2. The zero-order valence-corrected chi connectivity index (χ0v) is 13.7. The highest BCUT2D eigenvalue weighted by Crippen LogP contribution is 2.15. The number of urea groups is 1. The SMILES string of the molecule is CC(CCO)N(C)C(=O)Nc1cccc(Cc2ccccc2)c1. The van der Waals surface area contributed by atoms with E-state index in [-0.39, 0.29) is 18.7 Å². The van der Waals surface area contributed by atoms with Crippen LogP contribution in [0.25, 0.3) is 0 Å². The maximum Gasteiger partial charge on any atom is 0.321 e. The normalized spacial score (nSPS) is 11.8. The Morgan fingerprint density at radius 2 is 1.83 bits per heavy atom. The van der Waals surface area contributed by atoms with Gasteiger partial charge in [-0.3, -0.25) is 0 Å². The summed E-state index contributed by atoms with van der Waals surface area (Å²) >= 11 is 0. The predicted octanol–water partition coefficient (Wildman–Crippen LogP) is 3.51. The van der Waals surface area contributed by atoms with Gasteiger partial charge >= 0.3 is 6.03 Å². The van der Waals surface area contributed by atoms with Crippen LogP contribution in [0.15, 0.2) is 54.6 Å². The fourth-order valence-corrected chi connectivity index (χ4v) is 2.38. The molecule has 2 N–H and O–H groups in total. The first kappa shape index (κ1) is 17.0. The van der Waals surface area contributed by atoms with E-state index in [9.17, 15) is 4.79 Å². The van der Waals surface area contributed by atoms with Crippen LogP contribution in [-0.4, -0.2) is 35.7 Å². The molecule has 0 aromatic heterocycles. The second kappa shape index (κ2) is 8.34. The van der Waals surface area contributed by atoms with Gasteiger partial charge in [0.1, 0.15) is 0 Å². The number of rotatable bonds is 6. The molecule has 0 fully saturated rings. The van der Waals surface area contributed by atoms with Gasteiger partial charge in [-0.15, -0.1) is 0 Å². The van der Waals surface area contributed by atoms with Crippen molar-refractivity contribution in [2.45, 2.75) is 25.8 Å². The summed E-state index contributed by atoms with van der Waals surface area (Å²) in [7, 11) is 1.74. The standard InChI is InChI=1S/C19H24N2O2/c1-15(11-12-22)21(2)19(23)20-18-10-6-9-17(14-18)13-16-7-4-3-5-8-16/h3-10,14-15,22H,11-13H2,1-2H3,(H,20,23). The van der Waals surface area contributed by atoms with Gasteiger partial charge in [0.2, 0.25) is 0 Å². The highest BCUT2D eigenvalue weighted by molar-refractivity contribution is 5.89. The largest absolute Gasteiger partial charge is 0.396 e. The molecule has 0 aliphatic rings. The number of carbonyl (C=O) groups is 1. The smallest absolute Gasteiger partial charge is 0.321 e. The van der Waals surface area contributed by atoms with Gasteiger partial charge in [-0.05, 0) is 43.0 Å². The van der Waals surface area contributed by atoms with Crippen molar-refractivity contribution in [3.63, 3.8) is 0 Å². The third-order valence-corrected chi connectivity index (χ3v) is 3.96. The number of anilines is 1. The molecule has 0 aliphatic heterocycles. The average Bonchev–Trinajstić information content (AvgIpc) is 2.55. The van der Waals surface area contributed by atoms with Crippen LogP contribution in [0.2, 0.25) is 0 Å². The van der Waals surface area contributed by atoms with Crippen LogP contribution in [0.3, 0.4) is 0 Å². The summed E-state index contributed by atoms with van der Waals surface area (Å²) < 4.78 is 0. The van der Waals surface area contributed by atoms with Crippen molar-refractivity contribution < 1.29 is 9.90 Å². The number of aliphatic hydroxyl groups is 1. The Morgan fingerprint density at radius 1 is 1.13 bits per heavy atom. The molecule has 0 aliphatic carbocycles. The third kappa shape index (κ3) is 5.11. The zero-order valence-electron chi connectivity index (χ0n) is 13.7. The second-order valence-corrected chi connectivity index (χ2v) is 5.77. The first-order valence-corrected chi connectivity index (χ1v) is 7.87. The Kier molecular flexibility index (Phi) is 6.18. The van der Waals surface area contributed by atoms with E-state index in [1.165, 1.54) is 5.56 Å². The minimum Gasteiger partial charge on any atom is -0.396 e. The van der Waals surface area contributed by atoms with Gasteiger partial charge in [-0.1, -0.05) is 42.5 Å². The number of aliphatic hydroxyl groups excluding tert-OH is 1. The first-order valence-electron chi connectivity index (χ1n) is 7.87. The molecule has 1 unspecified atom stereocenters. The Labute approximate surface area is 137 Å². The lowest BCUT2D eigenvalue weighted by atomic mass is 10.0. The molecule has 2 rings (SSSR count). The first-order chi connectivity index (χ1) is 11.1. The lowest BCUT2D eigenvalue weighted by molar-refractivity contribution is 0.189. The van der Waals surface area contributed by atoms with Gasteiger partial charge in [-0.2, -0.15) is 0 Å². The summed E-state index contributed by atoms with van der Waals surface area (Å²) in [5.74, 6) is 0. The van der Waals surface area contributed by atoms with Crippen LogP contribution in [0, 0.1) is 0 Å². The molecule has 0 spiro atoms. The minimum atomic E-state index is -0.164. The zero-order chi connectivity index (χ0) is 16.7. The van der Waals surface area contributed by atoms with E-state index in [4.69, 9.17) is 5.11 Å². The molecule has 0 bridgehead atoms. The molecular formula is C19H24N2O2. The molecule has 4 nitrogen and oxygen atoms in total. The summed E-state index contributed by atoms with van der Waals surface area (Å²) in [6, 6.07) is 18.0. The lowest BCUT2D eigenvalue weighted by Gasteiger charge is -2.24. The summed E-state index contributed by atoms with van der Waals surface area (Å²) in [6.45, 7) is 1.99. The molecule has 0 radical (unpaired) electrons. The number of hydrogen-bond donors (Lipinski definition) is 2. The van der Waals surface area contributed by atoms with Crippen LogP contribution in [0.4, 0.5) is 10.5 Å². The molecule has 0 saturated carbocycles. The summed E-state index contributed by atoms with van der Waals surface area (Å²) in [5.41, 5.74) is 3.18. The fraction of sp³-hybridized carbons (Fsp3) is 0.316. The Bertz CT molecular complexity index is 628. The molecule has 4 heteroatoms. The van der Waals surface area contributed by atoms with Crippen molar-refractivity contribution in [2.75, 3.05) is 19.0 Å². The van der Waals surface area contributed by atoms with Crippen LogP contribution < -0.4 is 5.32 Å². The molecule has 1 atom stereocenters. The summed E-state index contributed by atoms with van der Waals surface area (Å²) in [6.07, 6.45) is 1.40. The van der Waals surface area contributed by atoms with Gasteiger partial charge in [0, 0.05) is 25.4 Å². The number of amides is 2. The van der Waals surface area contributed by atoms with E-state index >= 15 is 0 Å². The van der Waals surface area contributed by atoms with Crippen molar-refractivity contribution in [1.82, 2.24) is 4.90 Å². The van der Waals surface area contributed by atoms with E-state index in [2.05, 4.69) is 23.5 Å². The van der Waals surface area contributed by atoms with E-state index in [0.717, 1.165) is 17.7 Å². The number of nitrogens with zero attached hydrogens (tertiary/aromatic N) is 1. The molecule has 2 aromatic carbocycles. The minimum absolute atomic E-state index is 0.00694. The number of benzene rings is 2. The molecule has 0 heterocycles. The van der Waals surface area contributed by atoms with Crippen molar-refractivity contribution in [3.05, 3.63) is 65.7 Å². The van der Waals surface area contributed by atoms with Gasteiger partial charge < -0.3 is 15.3 Å². The average molecular weight is 312 g/mol. The summed E-state index contributed by atoms with van der Waals surface area (Å²) in [4.78, 5) is 13.8. The van der Waals surface area contributed by atoms with Crippen molar-refractivity contribution in [1.29, 1.82) is 0 Å². The Balaban J connectivity index is 2.01. The van der Waals surface area contributed by atoms with E-state index in [0.29, 0.717) is 6.42 Å².